The molecule has 1 N–H and O–H groups in total. The number of amides is 1. The molecule has 16 heavy (non-hydrogen) atoms. The number of hydrogen-bond acceptors (Lipinski definition) is 1. The van der Waals surface area contributed by atoms with Crippen molar-refractivity contribution in [3.8, 4) is 0 Å². The summed E-state index contributed by atoms with van der Waals surface area (Å²) in [7, 11) is 0. The van der Waals surface area contributed by atoms with Crippen LogP contribution in [0.25, 0.3) is 0 Å². The molecule has 2 nitrogen and oxygen atoms in total. The number of nitrogens with one attached hydrogen (secondary N) is 1. The van der Waals surface area contributed by atoms with Gasteiger partial charge >= 0.3 is 0 Å². The zero-order chi connectivity index (χ0) is 12.4. The van der Waals surface area contributed by atoms with Gasteiger partial charge in [-0.15, -0.1) is 0 Å². The lowest BCUT2D eigenvalue weighted by Crippen LogP contribution is -2.34. The molecule has 96 valence electrons. The van der Waals surface area contributed by atoms with Crippen LogP contribution in [-0.2, 0) is 4.79 Å². The third-order valence-corrected chi connectivity index (χ3v) is 3.33. The van der Waals surface area contributed by atoms with Gasteiger partial charge in [-0.05, 0) is 25.2 Å². The minimum atomic E-state index is 0.239. The molecule has 2 atom stereocenters. The Bertz CT molecular complexity index is 180. The zero-order valence-corrected chi connectivity index (χ0v) is 11.5. The first kappa shape index (κ1) is 15.5. The summed E-state index contributed by atoms with van der Waals surface area (Å²) in [5.74, 6) is 0.907. The maximum absolute atomic E-state index is 11.7. The van der Waals surface area contributed by atoms with Crippen LogP contribution in [0.3, 0.4) is 0 Å². The van der Waals surface area contributed by atoms with Gasteiger partial charge in [-0.1, -0.05) is 47.0 Å². The van der Waals surface area contributed by atoms with Gasteiger partial charge in [0.2, 0.25) is 5.91 Å². The molecule has 0 aromatic carbocycles. The van der Waals surface area contributed by atoms with Gasteiger partial charge < -0.3 is 5.32 Å². The quantitative estimate of drug-likeness (QED) is 0.636. The minimum absolute atomic E-state index is 0.239. The molecule has 0 bridgehead atoms. The summed E-state index contributed by atoms with van der Waals surface area (Å²) in [6, 6.07) is 0.393. The molecule has 0 saturated carbocycles. The first-order valence-electron chi connectivity index (χ1n) is 6.93. The van der Waals surface area contributed by atoms with Crippen LogP contribution in [0, 0.1) is 5.92 Å². The van der Waals surface area contributed by atoms with Crippen LogP contribution < -0.4 is 5.32 Å². The van der Waals surface area contributed by atoms with Crippen molar-refractivity contribution in [2.75, 3.05) is 0 Å². The highest BCUT2D eigenvalue weighted by Gasteiger charge is 2.10. The summed E-state index contributed by atoms with van der Waals surface area (Å²) >= 11 is 0. The van der Waals surface area contributed by atoms with Crippen molar-refractivity contribution in [1.82, 2.24) is 5.32 Å². The third kappa shape index (κ3) is 7.72. The van der Waals surface area contributed by atoms with E-state index < -0.39 is 0 Å². The second kappa shape index (κ2) is 9.68. The van der Waals surface area contributed by atoms with E-state index in [1.54, 1.807) is 0 Å². The topological polar surface area (TPSA) is 29.1 Å². The summed E-state index contributed by atoms with van der Waals surface area (Å²) < 4.78 is 0. The first-order chi connectivity index (χ1) is 7.63. The molecule has 0 aromatic rings. The predicted octanol–water partition coefficient (Wildman–Crippen LogP) is 3.90. The molecule has 2 heteroatoms. The van der Waals surface area contributed by atoms with Crippen molar-refractivity contribution < 1.29 is 4.79 Å². The van der Waals surface area contributed by atoms with Gasteiger partial charge in [-0.2, -0.15) is 0 Å². The zero-order valence-electron chi connectivity index (χ0n) is 11.5. The fraction of sp³-hybridized carbons (Fsp3) is 0.929. The van der Waals surface area contributed by atoms with Crippen LogP contribution in [0.4, 0.5) is 0 Å². The highest BCUT2D eigenvalue weighted by atomic mass is 16.1. The number of rotatable bonds is 9. The van der Waals surface area contributed by atoms with E-state index >= 15 is 0 Å². The molecule has 0 spiro atoms. The number of carbonyl (C=O) groups excluding carboxylic acids is 1. The summed E-state index contributed by atoms with van der Waals surface area (Å²) in [6.45, 7) is 8.73. The molecule has 0 heterocycles. The van der Waals surface area contributed by atoms with Crippen molar-refractivity contribution in [3.05, 3.63) is 0 Å². The van der Waals surface area contributed by atoms with Gasteiger partial charge in [0.1, 0.15) is 0 Å². The van der Waals surface area contributed by atoms with Crippen LogP contribution in [0.5, 0.6) is 0 Å². The van der Waals surface area contributed by atoms with E-state index in [0.717, 1.165) is 19.3 Å². The van der Waals surface area contributed by atoms with Crippen LogP contribution in [0.2, 0.25) is 0 Å². The standard InChI is InChI=1S/C14H29NO/c1-5-8-9-13(7-3)15-14(16)11-10-12(4)6-2/h12-13H,5-11H2,1-4H3,(H,15,16)/t12-,13?/m1/s1. The Labute approximate surface area is 101 Å². The maximum Gasteiger partial charge on any atom is 0.220 e. The molecule has 0 fully saturated rings. The van der Waals surface area contributed by atoms with E-state index in [4.69, 9.17) is 0 Å². The van der Waals surface area contributed by atoms with Gasteiger partial charge in [0, 0.05) is 12.5 Å². The Balaban J connectivity index is 3.73. The molecular weight excluding hydrogens is 198 g/mol. The van der Waals surface area contributed by atoms with Crippen LogP contribution in [0.15, 0.2) is 0 Å². The summed E-state index contributed by atoms with van der Waals surface area (Å²) in [5, 5.41) is 3.14. The first-order valence-corrected chi connectivity index (χ1v) is 6.93. The van der Waals surface area contributed by atoms with E-state index in [0.29, 0.717) is 18.4 Å². The minimum Gasteiger partial charge on any atom is -0.353 e. The average molecular weight is 227 g/mol. The average Bonchev–Trinajstić information content (AvgIpc) is 2.31. The highest BCUT2D eigenvalue weighted by Crippen LogP contribution is 2.10. The lowest BCUT2D eigenvalue weighted by Gasteiger charge is -2.17. The number of hydrogen-bond donors (Lipinski definition) is 1. The van der Waals surface area contributed by atoms with Gasteiger partial charge in [-0.3, -0.25) is 4.79 Å². The number of unbranched alkanes of at least 4 members (excludes halogenated alkanes) is 1. The monoisotopic (exact) mass is 227 g/mol. The van der Waals surface area contributed by atoms with E-state index in [1.807, 2.05) is 0 Å². The SMILES string of the molecule is CCCCC(CC)NC(=O)CC[C@H](C)CC. The Hall–Kier alpha value is -0.530. The van der Waals surface area contributed by atoms with E-state index in [9.17, 15) is 4.79 Å². The summed E-state index contributed by atoms with van der Waals surface area (Å²) in [6.07, 6.45) is 7.48. The van der Waals surface area contributed by atoms with Crippen molar-refractivity contribution in [3.63, 3.8) is 0 Å². The molecule has 0 aliphatic heterocycles. The second-order valence-corrected chi connectivity index (χ2v) is 4.87. The molecular formula is C14H29NO. The van der Waals surface area contributed by atoms with E-state index in [2.05, 4.69) is 33.0 Å². The van der Waals surface area contributed by atoms with E-state index in [1.165, 1.54) is 19.3 Å². The largest absolute Gasteiger partial charge is 0.353 e. The molecule has 0 aromatic heterocycles. The van der Waals surface area contributed by atoms with Crippen molar-refractivity contribution in [2.24, 2.45) is 5.92 Å². The van der Waals surface area contributed by atoms with Gasteiger partial charge in [-0.25, -0.2) is 0 Å². The fourth-order valence-corrected chi connectivity index (χ4v) is 1.71. The Morgan fingerprint density at radius 2 is 1.81 bits per heavy atom. The van der Waals surface area contributed by atoms with Crippen LogP contribution in [0.1, 0.15) is 72.6 Å². The van der Waals surface area contributed by atoms with Gasteiger partial charge in [0.15, 0.2) is 0 Å². The van der Waals surface area contributed by atoms with Crippen molar-refractivity contribution >= 4 is 5.91 Å². The lowest BCUT2D eigenvalue weighted by atomic mass is 10.0. The Morgan fingerprint density at radius 3 is 2.31 bits per heavy atom. The maximum atomic E-state index is 11.7. The molecule has 0 aliphatic carbocycles. The Morgan fingerprint density at radius 1 is 1.12 bits per heavy atom. The fourth-order valence-electron chi connectivity index (χ4n) is 1.71. The normalized spacial score (nSPS) is 14.5. The third-order valence-electron chi connectivity index (χ3n) is 3.33. The number of carbonyl (C=O) groups is 1. The molecule has 0 rings (SSSR count). The molecule has 1 amide bonds. The lowest BCUT2D eigenvalue weighted by molar-refractivity contribution is -0.122. The van der Waals surface area contributed by atoms with Gasteiger partial charge in [0.05, 0.1) is 0 Å². The molecule has 0 radical (unpaired) electrons. The van der Waals surface area contributed by atoms with Crippen LogP contribution >= 0.6 is 0 Å². The van der Waals surface area contributed by atoms with E-state index in [-0.39, 0.29) is 5.91 Å². The summed E-state index contributed by atoms with van der Waals surface area (Å²) in [5.41, 5.74) is 0. The Kier molecular flexibility index (Phi) is 9.36. The highest BCUT2D eigenvalue weighted by molar-refractivity contribution is 5.76. The second-order valence-electron chi connectivity index (χ2n) is 4.87. The smallest absolute Gasteiger partial charge is 0.220 e. The predicted molar refractivity (Wildman–Crippen MR) is 70.4 cm³/mol. The molecule has 1 unspecified atom stereocenters. The molecule has 0 aliphatic rings. The summed E-state index contributed by atoms with van der Waals surface area (Å²) in [4.78, 5) is 11.7. The molecule has 0 saturated heterocycles. The van der Waals surface area contributed by atoms with Crippen molar-refractivity contribution in [1.29, 1.82) is 0 Å². The van der Waals surface area contributed by atoms with Crippen LogP contribution in [-0.4, -0.2) is 11.9 Å². The van der Waals surface area contributed by atoms with Gasteiger partial charge in [0.25, 0.3) is 0 Å². The van der Waals surface area contributed by atoms with Crippen molar-refractivity contribution in [2.45, 2.75) is 78.7 Å².